The molecule has 4 nitrogen and oxygen atoms in total. The van der Waals surface area contributed by atoms with Gasteiger partial charge in [-0.15, -0.1) is 0 Å². The fourth-order valence-electron chi connectivity index (χ4n) is 1.48. The highest BCUT2D eigenvalue weighted by Gasteiger charge is 2.11. The zero-order valence-electron chi connectivity index (χ0n) is 9.55. The normalized spacial score (nSPS) is 12.1. The predicted octanol–water partition coefficient (Wildman–Crippen LogP) is 3.78. The van der Waals surface area contributed by atoms with Gasteiger partial charge in [0.15, 0.2) is 5.13 Å². The average Bonchev–Trinajstić information content (AvgIpc) is 2.77. The molecule has 2 rings (SSSR count). The summed E-state index contributed by atoms with van der Waals surface area (Å²) in [6.07, 6.45) is 1.36. The predicted molar refractivity (Wildman–Crippen MR) is 75.3 cm³/mol. The van der Waals surface area contributed by atoms with E-state index in [0.29, 0.717) is 5.13 Å². The summed E-state index contributed by atoms with van der Waals surface area (Å²) in [5, 5.41) is 12.6. The lowest BCUT2D eigenvalue weighted by atomic mass is 10.1. The number of aromatic nitrogens is 1. The van der Waals surface area contributed by atoms with E-state index in [-0.39, 0.29) is 10.9 Å². The van der Waals surface area contributed by atoms with Gasteiger partial charge in [-0.1, -0.05) is 39.4 Å². The van der Waals surface area contributed by atoms with E-state index >= 15 is 0 Å². The number of nitrogens with zero attached hydrogens (tertiary/aromatic N) is 1. The second kappa shape index (κ2) is 5.49. The van der Waals surface area contributed by atoms with Crippen LogP contribution in [0.15, 0.2) is 34.9 Å². The molecule has 1 aromatic carbocycles. The molecule has 0 aliphatic carbocycles. The summed E-state index contributed by atoms with van der Waals surface area (Å²) in [4.78, 5) is 15.0. The molecule has 0 aliphatic heterocycles. The third-order valence-corrected chi connectivity index (χ3v) is 3.81. The van der Waals surface area contributed by atoms with Gasteiger partial charge >= 0.3 is 5.97 Å². The molecule has 1 unspecified atom stereocenters. The van der Waals surface area contributed by atoms with Crippen LogP contribution in [0.3, 0.4) is 0 Å². The number of carboxylic acids is 1. The second-order valence-corrected chi connectivity index (χ2v) is 5.70. The van der Waals surface area contributed by atoms with Gasteiger partial charge in [0.05, 0.1) is 12.2 Å². The number of benzene rings is 1. The Morgan fingerprint density at radius 3 is 2.94 bits per heavy atom. The van der Waals surface area contributed by atoms with Crippen molar-refractivity contribution in [3.05, 3.63) is 45.4 Å². The number of carbonyl (C=O) groups is 1. The third-order valence-electron chi connectivity index (χ3n) is 2.41. The molecule has 1 atom stereocenters. The van der Waals surface area contributed by atoms with Crippen molar-refractivity contribution < 1.29 is 9.90 Å². The van der Waals surface area contributed by atoms with Crippen LogP contribution in [-0.4, -0.2) is 16.1 Å². The Morgan fingerprint density at radius 1 is 1.56 bits per heavy atom. The fraction of sp³-hybridized carbons (Fsp3) is 0.167. The van der Waals surface area contributed by atoms with Crippen LogP contribution in [0.4, 0.5) is 5.13 Å². The van der Waals surface area contributed by atoms with Crippen LogP contribution in [0.1, 0.15) is 28.2 Å². The van der Waals surface area contributed by atoms with E-state index in [1.807, 2.05) is 31.2 Å². The summed E-state index contributed by atoms with van der Waals surface area (Å²) in [6, 6.07) is 8.01. The van der Waals surface area contributed by atoms with Gasteiger partial charge in [0.2, 0.25) is 0 Å². The smallest absolute Gasteiger partial charge is 0.347 e. The Hall–Kier alpha value is -1.40. The summed E-state index contributed by atoms with van der Waals surface area (Å²) in [5.74, 6) is -0.948. The molecule has 2 N–H and O–H groups in total. The molecule has 0 spiro atoms. The Balaban J connectivity index is 2.11. The number of hydrogen-bond acceptors (Lipinski definition) is 4. The van der Waals surface area contributed by atoms with E-state index in [0.717, 1.165) is 21.4 Å². The van der Waals surface area contributed by atoms with Gasteiger partial charge in [-0.25, -0.2) is 9.78 Å². The number of nitrogens with one attached hydrogen (secondary N) is 1. The molecule has 0 fully saturated rings. The lowest BCUT2D eigenvalue weighted by molar-refractivity contribution is 0.0702. The first-order chi connectivity index (χ1) is 8.56. The van der Waals surface area contributed by atoms with E-state index < -0.39 is 5.97 Å². The van der Waals surface area contributed by atoms with E-state index in [9.17, 15) is 4.79 Å². The SMILES string of the molecule is CC(Nc1ncc(C(=O)O)s1)c1cccc(Br)c1. The van der Waals surface area contributed by atoms with E-state index in [2.05, 4.69) is 26.2 Å². The lowest BCUT2D eigenvalue weighted by Gasteiger charge is -2.13. The maximum absolute atomic E-state index is 10.8. The van der Waals surface area contributed by atoms with Crippen molar-refractivity contribution in [3.63, 3.8) is 0 Å². The van der Waals surface area contributed by atoms with Crippen molar-refractivity contribution >= 4 is 38.4 Å². The van der Waals surface area contributed by atoms with Gasteiger partial charge in [0.1, 0.15) is 4.88 Å². The molecule has 18 heavy (non-hydrogen) atoms. The van der Waals surface area contributed by atoms with Gasteiger partial charge in [-0.05, 0) is 24.6 Å². The Kier molecular flexibility index (Phi) is 3.98. The maximum atomic E-state index is 10.8. The monoisotopic (exact) mass is 326 g/mol. The van der Waals surface area contributed by atoms with E-state index in [1.54, 1.807) is 0 Å². The summed E-state index contributed by atoms with van der Waals surface area (Å²) >= 11 is 4.56. The molecular formula is C12H11BrN2O2S. The van der Waals surface area contributed by atoms with Gasteiger partial charge < -0.3 is 10.4 Å². The molecule has 6 heteroatoms. The molecule has 0 saturated heterocycles. The largest absolute Gasteiger partial charge is 0.477 e. The van der Waals surface area contributed by atoms with Crippen molar-refractivity contribution in [2.45, 2.75) is 13.0 Å². The molecule has 94 valence electrons. The number of aromatic carboxylic acids is 1. The number of halogens is 1. The minimum Gasteiger partial charge on any atom is -0.477 e. The standard InChI is InChI=1S/C12H11BrN2O2S/c1-7(8-3-2-4-9(13)5-8)15-12-14-6-10(18-12)11(16)17/h2-7H,1H3,(H,14,15)(H,16,17). The molecule has 1 aromatic heterocycles. The second-order valence-electron chi connectivity index (χ2n) is 3.76. The van der Waals surface area contributed by atoms with Gasteiger partial charge in [0, 0.05) is 4.47 Å². The first kappa shape index (κ1) is 13.0. The third kappa shape index (κ3) is 3.08. The van der Waals surface area contributed by atoms with Crippen LogP contribution >= 0.6 is 27.3 Å². The Morgan fingerprint density at radius 2 is 2.33 bits per heavy atom. The first-order valence-corrected chi connectivity index (χ1v) is 6.88. The van der Waals surface area contributed by atoms with Gasteiger partial charge in [-0.2, -0.15) is 0 Å². The Labute approximate surface area is 117 Å². The van der Waals surface area contributed by atoms with Gasteiger partial charge in [0.25, 0.3) is 0 Å². The first-order valence-electron chi connectivity index (χ1n) is 5.27. The van der Waals surface area contributed by atoms with Crippen molar-refractivity contribution in [3.8, 4) is 0 Å². The van der Waals surface area contributed by atoms with Gasteiger partial charge in [-0.3, -0.25) is 0 Å². The molecule has 0 saturated carbocycles. The number of anilines is 1. The maximum Gasteiger partial charge on any atom is 0.347 e. The molecule has 1 heterocycles. The topological polar surface area (TPSA) is 62.2 Å². The highest BCUT2D eigenvalue weighted by molar-refractivity contribution is 9.10. The number of carboxylic acid groups (broad SMARTS) is 1. The highest BCUT2D eigenvalue weighted by Crippen LogP contribution is 2.25. The van der Waals surface area contributed by atoms with Crippen LogP contribution in [0.2, 0.25) is 0 Å². The van der Waals surface area contributed by atoms with Crippen LogP contribution in [-0.2, 0) is 0 Å². The summed E-state index contributed by atoms with van der Waals surface area (Å²) < 4.78 is 1.01. The zero-order chi connectivity index (χ0) is 13.1. The van der Waals surface area contributed by atoms with Crippen molar-refractivity contribution in [2.75, 3.05) is 5.32 Å². The summed E-state index contributed by atoms with van der Waals surface area (Å²) in [6.45, 7) is 2.00. The molecular weight excluding hydrogens is 316 g/mol. The quantitative estimate of drug-likeness (QED) is 0.897. The molecule has 0 aliphatic rings. The molecule has 2 aromatic rings. The summed E-state index contributed by atoms with van der Waals surface area (Å²) in [7, 11) is 0. The number of rotatable bonds is 4. The minimum atomic E-state index is -0.948. The number of hydrogen-bond donors (Lipinski definition) is 2. The minimum absolute atomic E-state index is 0.0651. The highest BCUT2D eigenvalue weighted by atomic mass is 79.9. The average molecular weight is 327 g/mol. The van der Waals surface area contributed by atoms with Crippen molar-refractivity contribution in [1.29, 1.82) is 0 Å². The van der Waals surface area contributed by atoms with E-state index in [4.69, 9.17) is 5.11 Å². The van der Waals surface area contributed by atoms with Crippen LogP contribution < -0.4 is 5.32 Å². The van der Waals surface area contributed by atoms with Crippen LogP contribution in [0.25, 0.3) is 0 Å². The zero-order valence-corrected chi connectivity index (χ0v) is 12.0. The summed E-state index contributed by atoms with van der Waals surface area (Å²) in [5.41, 5.74) is 1.11. The molecule has 0 amide bonds. The van der Waals surface area contributed by atoms with Crippen LogP contribution in [0.5, 0.6) is 0 Å². The Bertz CT molecular complexity index is 571. The van der Waals surface area contributed by atoms with Crippen LogP contribution in [0, 0.1) is 0 Å². The molecule has 0 bridgehead atoms. The van der Waals surface area contributed by atoms with E-state index in [1.165, 1.54) is 6.20 Å². The fourth-order valence-corrected chi connectivity index (χ4v) is 2.64. The molecule has 0 radical (unpaired) electrons. The van der Waals surface area contributed by atoms with Crippen molar-refractivity contribution in [1.82, 2.24) is 4.98 Å². The van der Waals surface area contributed by atoms with Crippen molar-refractivity contribution in [2.24, 2.45) is 0 Å². The lowest BCUT2D eigenvalue weighted by Crippen LogP contribution is -2.05. The number of thiazole rings is 1.